The monoisotopic (exact) mass is 291 g/mol. The van der Waals surface area contributed by atoms with Crippen LogP contribution in [0, 0.1) is 5.92 Å². The highest BCUT2D eigenvalue weighted by atomic mass is 16.3. The van der Waals surface area contributed by atoms with Gasteiger partial charge in [-0.15, -0.1) is 0 Å². The maximum Gasteiger partial charge on any atom is 0.202 e. The molecule has 0 N–H and O–H groups in total. The number of carbonyl (C=O) groups is 1. The molecule has 3 nitrogen and oxygen atoms in total. The molecule has 0 saturated heterocycles. The van der Waals surface area contributed by atoms with Gasteiger partial charge in [0.1, 0.15) is 5.58 Å². The van der Waals surface area contributed by atoms with E-state index in [1.165, 1.54) is 0 Å². The van der Waals surface area contributed by atoms with Crippen molar-refractivity contribution in [3.63, 3.8) is 0 Å². The Kier molecular flexibility index (Phi) is 4.15. The van der Waals surface area contributed by atoms with Gasteiger partial charge in [-0.25, -0.2) is 0 Å². The van der Waals surface area contributed by atoms with Crippen molar-refractivity contribution < 1.29 is 14.0 Å². The van der Waals surface area contributed by atoms with Crippen LogP contribution in [0.3, 0.4) is 0 Å². The van der Waals surface area contributed by atoms with Gasteiger partial charge in [-0.1, -0.05) is 48.5 Å². The van der Waals surface area contributed by atoms with Gasteiger partial charge in [0.05, 0.1) is 0 Å². The van der Waals surface area contributed by atoms with Gasteiger partial charge >= 0.3 is 0 Å². The van der Waals surface area contributed by atoms with Crippen LogP contribution in [0.4, 0.5) is 0 Å². The summed E-state index contributed by atoms with van der Waals surface area (Å²) < 4.78 is 5.55. The Labute approximate surface area is 128 Å². The molecule has 109 valence electrons. The van der Waals surface area contributed by atoms with Crippen molar-refractivity contribution in [2.75, 3.05) is 0 Å². The molecule has 22 heavy (non-hydrogen) atoms. The molecular weight excluding hydrogens is 276 g/mol. The van der Waals surface area contributed by atoms with E-state index in [1.54, 1.807) is 6.07 Å². The van der Waals surface area contributed by atoms with Gasteiger partial charge in [0.15, 0.2) is 11.5 Å². The van der Waals surface area contributed by atoms with E-state index in [9.17, 15) is 9.59 Å². The van der Waals surface area contributed by atoms with Crippen molar-refractivity contribution in [2.45, 2.75) is 12.8 Å². The van der Waals surface area contributed by atoms with Crippen molar-refractivity contribution >= 4 is 23.0 Å². The average Bonchev–Trinajstić information content (AvgIpc) is 2.99. The number of hydrogen-bond donors (Lipinski definition) is 0. The Hall–Kier alpha value is -2.68. The number of ketones is 1. The predicted molar refractivity (Wildman–Crippen MR) is 84.5 cm³/mol. The molecule has 3 heteroatoms. The van der Waals surface area contributed by atoms with Crippen LogP contribution < -0.4 is 0 Å². The summed E-state index contributed by atoms with van der Waals surface area (Å²) in [5.41, 5.74) is 1.70. The smallest absolute Gasteiger partial charge is 0.202 e. The van der Waals surface area contributed by atoms with Gasteiger partial charge in [0.25, 0.3) is 0 Å². The summed E-state index contributed by atoms with van der Waals surface area (Å²) >= 11 is 0. The predicted octanol–water partition coefficient (Wildman–Crippen LogP) is 3.97. The zero-order valence-electron chi connectivity index (χ0n) is 12.0. The molecule has 0 fully saturated rings. The third kappa shape index (κ3) is 3.14. The summed E-state index contributed by atoms with van der Waals surface area (Å²) in [5, 5.41) is 0.889. The van der Waals surface area contributed by atoms with E-state index < -0.39 is 5.92 Å². The maximum atomic E-state index is 12.3. The third-order valence-electron chi connectivity index (χ3n) is 3.62. The minimum atomic E-state index is -0.455. The second-order valence-electron chi connectivity index (χ2n) is 5.28. The number of rotatable bonds is 6. The lowest BCUT2D eigenvalue weighted by Crippen LogP contribution is -2.12. The van der Waals surface area contributed by atoms with Crippen molar-refractivity contribution in [3.05, 3.63) is 72.0 Å². The second-order valence-corrected chi connectivity index (χ2v) is 5.28. The van der Waals surface area contributed by atoms with Crippen molar-refractivity contribution in [2.24, 2.45) is 5.92 Å². The summed E-state index contributed by atoms with van der Waals surface area (Å²) in [6, 6.07) is 18.8. The van der Waals surface area contributed by atoms with E-state index in [2.05, 4.69) is 0 Å². The first-order chi connectivity index (χ1) is 10.8. The molecule has 0 amide bonds. The SMILES string of the molecule is O=[C]C(CC(=O)c1cc2ccccc2o1)Cc1ccccc1. The van der Waals surface area contributed by atoms with Crippen LogP contribution in [-0.2, 0) is 11.2 Å². The van der Waals surface area contributed by atoms with Crippen LogP contribution >= 0.6 is 0 Å². The number of fused-ring (bicyclic) bond motifs is 1. The zero-order valence-corrected chi connectivity index (χ0v) is 12.0. The Morgan fingerprint density at radius 3 is 2.50 bits per heavy atom. The van der Waals surface area contributed by atoms with Crippen molar-refractivity contribution in [1.82, 2.24) is 0 Å². The number of para-hydroxylation sites is 1. The normalized spacial score (nSPS) is 12.2. The van der Waals surface area contributed by atoms with Crippen LogP contribution in [-0.4, -0.2) is 12.1 Å². The minimum Gasteiger partial charge on any atom is -0.453 e. The van der Waals surface area contributed by atoms with E-state index in [4.69, 9.17) is 4.42 Å². The van der Waals surface area contributed by atoms with Crippen LogP contribution in [0.1, 0.15) is 22.5 Å². The lowest BCUT2D eigenvalue weighted by molar-refractivity contribution is 0.0946. The summed E-state index contributed by atoms with van der Waals surface area (Å²) in [7, 11) is 0. The molecule has 1 atom stereocenters. The van der Waals surface area contributed by atoms with Gasteiger partial charge in [0.2, 0.25) is 6.29 Å². The fraction of sp³-hybridized carbons (Fsp3) is 0.158. The topological polar surface area (TPSA) is 47.3 Å². The highest BCUT2D eigenvalue weighted by Gasteiger charge is 2.19. The first kappa shape index (κ1) is 14.3. The third-order valence-corrected chi connectivity index (χ3v) is 3.62. The standard InChI is InChI=1S/C19H15O3/c20-13-15(10-14-6-2-1-3-7-14)11-17(21)19-12-16-8-4-5-9-18(16)22-19/h1-9,12,15H,10-11H2. The fourth-order valence-electron chi connectivity index (χ4n) is 2.50. The first-order valence-electron chi connectivity index (χ1n) is 7.19. The van der Waals surface area contributed by atoms with Crippen LogP contribution in [0.2, 0.25) is 0 Å². The van der Waals surface area contributed by atoms with E-state index in [0.717, 1.165) is 10.9 Å². The highest BCUT2D eigenvalue weighted by molar-refractivity contribution is 5.98. The van der Waals surface area contributed by atoms with Gasteiger partial charge < -0.3 is 4.42 Å². The number of benzene rings is 2. The molecule has 3 aromatic rings. The molecule has 2 aromatic carbocycles. The van der Waals surface area contributed by atoms with Gasteiger partial charge in [-0.2, -0.15) is 0 Å². The molecular formula is C19H15O3. The number of Topliss-reactive ketones (excluding diaryl/α,β-unsaturated/α-hetero) is 1. The molecule has 1 unspecified atom stereocenters. The number of furan rings is 1. The number of hydrogen-bond acceptors (Lipinski definition) is 3. The maximum absolute atomic E-state index is 12.3. The van der Waals surface area contributed by atoms with E-state index in [1.807, 2.05) is 60.9 Å². The second kappa shape index (κ2) is 6.39. The first-order valence-corrected chi connectivity index (χ1v) is 7.19. The van der Waals surface area contributed by atoms with Gasteiger partial charge in [-0.3, -0.25) is 9.59 Å². The van der Waals surface area contributed by atoms with E-state index in [0.29, 0.717) is 17.8 Å². The highest BCUT2D eigenvalue weighted by Crippen LogP contribution is 2.21. The molecule has 1 heterocycles. The summed E-state index contributed by atoms with van der Waals surface area (Å²) in [6.45, 7) is 0. The molecule has 0 bridgehead atoms. The van der Waals surface area contributed by atoms with Gasteiger partial charge in [-0.05, 0) is 24.1 Å². The summed E-state index contributed by atoms with van der Waals surface area (Å²) in [4.78, 5) is 23.4. The average molecular weight is 291 g/mol. The Balaban J connectivity index is 1.72. The molecule has 0 aliphatic heterocycles. The molecule has 1 aromatic heterocycles. The lowest BCUT2D eigenvalue weighted by atomic mass is 9.95. The van der Waals surface area contributed by atoms with Gasteiger partial charge in [0, 0.05) is 17.7 Å². The molecule has 0 aliphatic carbocycles. The lowest BCUT2D eigenvalue weighted by Gasteiger charge is -2.07. The molecule has 3 rings (SSSR count). The van der Waals surface area contributed by atoms with Crippen LogP contribution in [0.25, 0.3) is 11.0 Å². The number of carbonyl (C=O) groups excluding carboxylic acids is 2. The van der Waals surface area contributed by atoms with E-state index in [-0.39, 0.29) is 12.2 Å². The zero-order chi connectivity index (χ0) is 15.4. The Morgan fingerprint density at radius 2 is 1.77 bits per heavy atom. The fourth-order valence-corrected chi connectivity index (χ4v) is 2.50. The Morgan fingerprint density at radius 1 is 1.05 bits per heavy atom. The van der Waals surface area contributed by atoms with Crippen LogP contribution in [0.5, 0.6) is 0 Å². The quantitative estimate of drug-likeness (QED) is 0.645. The largest absolute Gasteiger partial charge is 0.453 e. The minimum absolute atomic E-state index is 0.109. The summed E-state index contributed by atoms with van der Waals surface area (Å²) in [5.74, 6) is -0.321. The molecule has 1 radical (unpaired) electrons. The molecule has 0 saturated carbocycles. The molecule has 0 aliphatic rings. The van der Waals surface area contributed by atoms with Crippen molar-refractivity contribution in [3.8, 4) is 0 Å². The van der Waals surface area contributed by atoms with E-state index >= 15 is 0 Å². The van der Waals surface area contributed by atoms with Crippen molar-refractivity contribution in [1.29, 1.82) is 0 Å². The van der Waals surface area contributed by atoms with Crippen LogP contribution in [0.15, 0.2) is 65.1 Å². The molecule has 0 spiro atoms. The Bertz CT molecular complexity index is 754. The summed E-state index contributed by atoms with van der Waals surface area (Å²) in [6.07, 6.45) is 2.59.